The van der Waals surface area contributed by atoms with Crippen LogP contribution in [0.5, 0.6) is 11.6 Å². The number of carbonyl (C=O) groups is 1. The van der Waals surface area contributed by atoms with Crippen LogP contribution in [-0.2, 0) is 21.1 Å². The van der Waals surface area contributed by atoms with E-state index in [-0.39, 0.29) is 29.8 Å². The van der Waals surface area contributed by atoms with Crippen molar-refractivity contribution in [2.24, 2.45) is 0 Å². The molecule has 208 valence electrons. The summed E-state index contributed by atoms with van der Waals surface area (Å²) < 4.78 is 50.5. The van der Waals surface area contributed by atoms with E-state index in [1.807, 2.05) is 6.07 Å². The van der Waals surface area contributed by atoms with Crippen LogP contribution in [0.1, 0.15) is 61.3 Å². The summed E-state index contributed by atoms with van der Waals surface area (Å²) in [5, 5.41) is 9.18. The number of halogens is 1. The van der Waals surface area contributed by atoms with E-state index in [2.05, 4.69) is 16.8 Å². The van der Waals surface area contributed by atoms with Gasteiger partial charge in [0, 0.05) is 23.4 Å². The van der Waals surface area contributed by atoms with Crippen LogP contribution in [-0.4, -0.2) is 42.1 Å². The fraction of sp³-hybridized carbons (Fsp3) is 0.355. The highest BCUT2D eigenvalue weighted by Gasteiger charge is 2.30. The Bertz CT molecular complexity index is 1540. The van der Waals surface area contributed by atoms with Gasteiger partial charge in [-0.3, -0.25) is 4.79 Å². The zero-order chi connectivity index (χ0) is 28.3. The van der Waals surface area contributed by atoms with Gasteiger partial charge in [-0.05, 0) is 73.6 Å². The van der Waals surface area contributed by atoms with E-state index in [1.54, 1.807) is 49.5 Å². The molecule has 9 heteroatoms. The van der Waals surface area contributed by atoms with Gasteiger partial charge in [-0.25, -0.2) is 17.8 Å². The van der Waals surface area contributed by atoms with Crippen molar-refractivity contribution in [1.82, 2.24) is 4.98 Å². The van der Waals surface area contributed by atoms with E-state index in [4.69, 9.17) is 9.47 Å². The van der Waals surface area contributed by atoms with Gasteiger partial charge in [-0.15, -0.1) is 5.92 Å². The summed E-state index contributed by atoms with van der Waals surface area (Å²) in [6, 6.07) is 14.0. The summed E-state index contributed by atoms with van der Waals surface area (Å²) in [6.45, 7) is 1.68. The number of carboxylic acids is 1. The molecule has 7 nitrogen and oxygen atoms in total. The zero-order valence-corrected chi connectivity index (χ0v) is 22.9. The molecule has 1 saturated heterocycles. The van der Waals surface area contributed by atoms with Gasteiger partial charge in [0.15, 0.2) is 9.84 Å². The molecule has 1 unspecified atom stereocenters. The minimum Gasteiger partial charge on any atom is -0.486 e. The molecule has 1 aliphatic carbocycles. The quantitative estimate of drug-likeness (QED) is 0.362. The highest BCUT2D eigenvalue weighted by atomic mass is 32.2. The summed E-state index contributed by atoms with van der Waals surface area (Å²) in [4.78, 5) is 15.6. The minimum atomic E-state index is -2.96. The van der Waals surface area contributed by atoms with Crippen LogP contribution in [0.3, 0.4) is 0 Å². The van der Waals surface area contributed by atoms with Crippen LogP contribution >= 0.6 is 0 Å². The molecule has 40 heavy (non-hydrogen) atoms. The second-order valence-corrected chi connectivity index (χ2v) is 12.4. The fourth-order valence-corrected chi connectivity index (χ4v) is 6.82. The number of fused-ring (bicyclic) bond motifs is 1. The normalized spacial score (nSPS) is 18.7. The number of rotatable bonds is 8. The smallest absolute Gasteiger partial charge is 0.304 e. The predicted octanol–water partition coefficient (Wildman–Crippen LogP) is 5.49. The Kier molecular flexibility index (Phi) is 8.08. The molecule has 2 atom stereocenters. The van der Waals surface area contributed by atoms with Crippen molar-refractivity contribution >= 4 is 15.8 Å². The molecule has 2 aromatic carbocycles. The number of aromatic nitrogens is 1. The topological polar surface area (TPSA) is 103 Å². The molecule has 1 N–H and O–H groups in total. The van der Waals surface area contributed by atoms with E-state index in [0.717, 1.165) is 22.3 Å². The second-order valence-electron chi connectivity index (χ2n) is 10.1. The Labute approximate surface area is 233 Å². The number of hydrogen-bond acceptors (Lipinski definition) is 6. The van der Waals surface area contributed by atoms with Gasteiger partial charge < -0.3 is 14.6 Å². The molecule has 0 saturated carbocycles. The summed E-state index contributed by atoms with van der Waals surface area (Å²) in [5.41, 5.74) is 3.93. The number of hydrogen-bond donors (Lipinski definition) is 1. The molecule has 2 aliphatic rings. The number of carboxylic acid groups (broad SMARTS) is 1. The number of pyridine rings is 1. The summed E-state index contributed by atoms with van der Waals surface area (Å²) in [5.74, 6) is 5.34. The Morgan fingerprint density at radius 1 is 1.07 bits per heavy atom. The zero-order valence-electron chi connectivity index (χ0n) is 22.1. The Hall–Kier alpha value is -3.90. The SMILES string of the molecule is CC#CC(CC(=O)O)c1ccc(O[C@@H]2CCc3c(-c4ccc(OC5CCS(=O)(=O)CC5)nc4)ccc(F)c32)cc1. The molecule has 3 aromatic rings. The van der Waals surface area contributed by atoms with Crippen LogP contribution in [0.25, 0.3) is 11.1 Å². The largest absolute Gasteiger partial charge is 0.486 e. The van der Waals surface area contributed by atoms with E-state index in [9.17, 15) is 18.3 Å². The Balaban J connectivity index is 1.30. The highest BCUT2D eigenvalue weighted by molar-refractivity contribution is 7.91. The summed E-state index contributed by atoms with van der Waals surface area (Å²) >= 11 is 0. The molecule has 0 amide bonds. The van der Waals surface area contributed by atoms with Crippen molar-refractivity contribution in [2.75, 3.05) is 11.5 Å². The van der Waals surface area contributed by atoms with Crippen LogP contribution in [0.4, 0.5) is 4.39 Å². The monoisotopic (exact) mass is 563 g/mol. The molecule has 2 heterocycles. The maximum atomic E-state index is 15.1. The van der Waals surface area contributed by atoms with Crippen LogP contribution in [0, 0.1) is 17.7 Å². The van der Waals surface area contributed by atoms with Gasteiger partial charge in [-0.1, -0.05) is 24.1 Å². The molecular weight excluding hydrogens is 533 g/mol. The standard InChI is InChI=1S/C31H30FNO6S/c1-2-3-21(18-30(34)35)20-4-7-23(8-5-20)38-28-12-10-26-25(9-11-27(32)31(26)28)22-6-13-29(33-19-22)39-24-14-16-40(36,37)17-15-24/h4-9,11,13,19,21,24,28H,10,12,14-18H2,1H3,(H,34,35)/t21?,28-/m1/s1. The average Bonchev–Trinajstić information content (AvgIpc) is 3.35. The van der Waals surface area contributed by atoms with Gasteiger partial charge in [0.25, 0.3) is 0 Å². The maximum Gasteiger partial charge on any atom is 0.304 e. The molecule has 1 fully saturated rings. The first kappa shape index (κ1) is 27.7. The lowest BCUT2D eigenvalue weighted by Crippen LogP contribution is -2.30. The van der Waals surface area contributed by atoms with Gasteiger partial charge in [0.1, 0.15) is 23.8 Å². The highest BCUT2D eigenvalue weighted by Crippen LogP contribution is 2.42. The minimum absolute atomic E-state index is 0.0854. The van der Waals surface area contributed by atoms with Crippen molar-refractivity contribution in [3.8, 4) is 34.6 Å². The van der Waals surface area contributed by atoms with Gasteiger partial charge >= 0.3 is 5.97 Å². The third-order valence-corrected chi connectivity index (χ3v) is 9.09. The van der Waals surface area contributed by atoms with Crippen molar-refractivity contribution in [2.45, 2.75) is 57.2 Å². The lowest BCUT2D eigenvalue weighted by molar-refractivity contribution is -0.137. The Morgan fingerprint density at radius 3 is 2.48 bits per heavy atom. The van der Waals surface area contributed by atoms with Crippen molar-refractivity contribution in [3.05, 3.63) is 77.2 Å². The van der Waals surface area contributed by atoms with E-state index >= 15 is 4.39 Å². The van der Waals surface area contributed by atoms with Gasteiger partial charge in [-0.2, -0.15) is 0 Å². The van der Waals surface area contributed by atoms with Crippen molar-refractivity contribution in [1.29, 1.82) is 0 Å². The number of benzene rings is 2. The predicted molar refractivity (Wildman–Crippen MR) is 149 cm³/mol. The van der Waals surface area contributed by atoms with E-state index in [1.165, 1.54) is 6.07 Å². The van der Waals surface area contributed by atoms with Gasteiger partial charge in [0.05, 0.1) is 23.8 Å². The third kappa shape index (κ3) is 6.28. The lowest BCUT2D eigenvalue weighted by atomic mass is 9.96. The van der Waals surface area contributed by atoms with Crippen LogP contribution in [0.2, 0.25) is 0 Å². The first-order valence-corrected chi connectivity index (χ1v) is 15.1. The Morgan fingerprint density at radius 2 is 1.82 bits per heavy atom. The molecule has 1 aliphatic heterocycles. The number of aliphatic carboxylic acids is 1. The molecular formula is C31H30FNO6S. The van der Waals surface area contributed by atoms with Gasteiger partial charge in [0.2, 0.25) is 5.88 Å². The molecule has 0 bridgehead atoms. The summed E-state index contributed by atoms with van der Waals surface area (Å²) in [6.07, 6.45) is 3.16. The van der Waals surface area contributed by atoms with E-state index < -0.39 is 27.8 Å². The first-order valence-electron chi connectivity index (χ1n) is 13.3. The molecule has 0 spiro atoms. The lowest BCUT2D eigenvalue weighted by Gasteiger charge is -2.22. The maximum absolute atomic E-state index is 15.1. The van der Waals surface area contributed by atoms with Crippen LogP contribution < -0.4 is 9.47 Å². The number of nitrogens with zero attached hydrogens (tertiary/aromatic N) is 1. The molecule has 1 aromatic heterocycles. The summed E-state index contributed by atoms with van der Waals surface area (Å²) in [7, 11) is -2.96. The van der Waals surface area contributed by atoms with E-state index in [0.29, 0.717) is 42.9 Å². The molecule has 0 radical (unpaired) electrons. The molecule has 5 rings (SSSR count). The third-order valence-electron chi connectivity index (χ3n) is 7.38. The van der Waals surface area contributed by atoms with Crippen molar-refractivity contribution < 1.29 is 32.2 Å². The number of ether oxygens (including phenoxy) is 2. The van der Waals surface area contributed by atoms with Crippen molar-refractivity contribution in [3.63, 3.8) is 0 Å². The fourth-order valence-electron chi connectivity index (χ4n) is 5.37. The average molecular weight is 564 g/mol. The number of sulfone groups is 1. The second kappa shape index (κ2) is 11.7. The first-order chi connectivity index (χ1) is 19.2. The van der Waals surface area contributed by atoms with Crippen LogP contribution in [0.15, 0.2) is 54.7 Å².